The molecule has 3 nitrogen and oxygen atoms in total. The van der Waals surface area contributed by atoms with Gasteiger partial charge in [0.2, 0.25) is 0 Å². The highest BCUT2D eigenvalue weighted by Crippen LogP contribution is 2.24. The van der Waals surface area contributed by atoms with Gasteiger partial charge in [-0.2, -0.15) is 0 Å². The molecule has 2 rings (SSSR count). The Bertz CT molecular complexity index is 579. The number of halogens is 1. The van der Waals surface area contributed by atoms with E-state index >= 15 is 0 Å². The lowest BCUT2D eigenvalue weighted by Crippen LogP contribution is -2.11. The van der Waals surface area contributed by atoms with E-state index in [1.807, 2.05) is 24.3 Å². The van der Waals surface area contributed by atoms with E-state index in [-0.39, 0.29) is 0 Å². The summed E-state index contributed by atoms with van der Waals surface area (Å²) < 4.78 is 0. The monoisotopic (exact) mass is 275 g/mol. The maximum Gasteiger partial charge on any atom is 0.0737 e. The third-order valence-electron chi connectivity index (χ3n) is 2.75. The SMILES string of the molecule is CN(C)CC=CCNc1ccnc2cc(Cl)ccc12. The largest absolute Gasteiger partial charge is 0.381 e. The average molecular weight is 276 g/mol. The van der Waals surface area contributed by atoms with E-state index in [2.05, 4.69) is 41.4 Å². The smallest absolute Gasteiger partial charge is 0.0737 e. The Morgan fingerprint density at radius 3 is 2.89 bits per heavy atom. The zero-order valence-corrected chi connectivity index (χ0v) is 12.0. The number of benzene rings is 1. The second kappa shape index (κ2) is 6.55. The molecule has 1 heterocycles. The summed E-state index contributed by atoms with van der Waals surface area (Å²) in [6.45, 7) is 1.75. The molecule has 0 aliphatic carbocycles. The van der Waals surface area contributed by atoms with Crippen LogP contribution in [-0.4, -0.2) is 37.1 Å². The summed E-state index contributed by atoms with van der Waals surface area (Å²) >= 11 is 5.97. The number of pyridine rings is 1. The molecule has 0 unspecified atom stereocenters. The lowest BCUT2D eigenvalue weighted by molar-refractivity contribution is 0.456. The molecule has 4 heteroatoms. The van der Waals surface area contributed by atoms with E-state index in [1.54, 1.807) is 6.20 Å². The number of likely N-dealkylation sites (N-methyl/N-ethyl adjacent to an activating group) is 1. The van der Waals surface area contributed by atoms with Gasteiger partial charge >= 0.3 is 0 Å². The van der Waals surface area contributed by atoms with Crippen LogP contribution in [0.25, 0.3) is 10.9 Å². The number of nitrogens with one attached hydrogen (secondary N) is 1. The first-order valence-electron chi connectivity index (χ1n) is 6.24. The molecule has 1 aromatic carbocycles. The van der Waals surface area contributed by atoms with Gasteiger partial charge in [-0.05, 0) is 38.4 Å². The fourth-order valence-corrected chi connectivity index (χ4v) is 1.98. The number of rotatable bonds is 5. The summed E-state index contributed by atoms with van der Waals surface area (Å²) in [7, 11) is 4.11. The average Bonchev–Trinajstić information content (AvgIpc) is 2.37. The van der Waals surface area contributed by atoms with E-state index in [4.69, 9.17) is 11.6 Å². The standard InChI is InChI=1S/C15H18ClN3/c1-19(2)10-4-3-8-17-14-7-9-18-15-11-12(16)5-6-13(14)15/h3-7,9,11H,8,10H2,1-2H3,(H,17,18). The van der Waals surface area contributed by atoms with Crippen LogP contribution in [0, 0.1) is 0 Å². The van der Waals surface area contributed by atoms with Gasteiger partial charge in [0.05, 0.1) is 5.52 Å². The molecule has 1 aromatic heterocycles. The van der Waals surface area contributed by atoms with Crippen LogP contribution in [0.5, 0.6) is 0 Å². The molecular formula is C15H18ClN3. The summed E-state index contributed by atoms with van der Waals surface area (Å²) in [6, 6.07) is 7.75. The normalized spacial score (nSPS) is 11.6. The van der Waals surface area contributed by atoms with Crippen LogP contribution < -0.4 is 5.32 Å². The van der Waals surface area contributed by atoms with Gasteiger partial charge in [0.25, 0.3) is 0 Å². The number of hydrogen-bond donors (Lipinski definition) is 1. The van der Waals surface area contributed by atoms with Crippen LogP contribution >= 0.6 is 11.6 Å². The van der Waals surface area contributed by atoms with Crippen molar-refractivity contribution >= 4 is 28.2 Å². The minimum atomic E-state index is 0.711. The lowest BCUT2D eigenvalue weighted by atomic mass is 10.2. The highest BCUT2D eigenvalue weighted by molar-refractivity contribution is 6.31. The van der Waals surface area contributed by atoms with Crippen LogP contribution in [0.1, 0.15) is 0 Å². The molecule has 0 saturated carbocycles. The molecule has 0 atom stereocenters. The van der Waals surface area contributed by atoms with Crippen molar-refractivity contribution < 1.29 is 0 Å². The summed E-state index contributed by atoms with van der Waals surface area (Å²) in [4.78, 5) is 6.45. The van der Waals surface area contributed by atoms with Crippen molar-refractivity contribution in [2.24, 2.45) is 0 Å². The van der Waals surface area contributed by atoms with Gasteiger partial charge < -0.3 is 10.2 Å². The predicted octanol–water partition coefficient (Wildman–Crippen LogP) is 3.42. The summed E-state index contributed by atoms with van der Waals surface area (Å²) in [5.41, 5.74) is 1.99. The van der Waals surface area contributed by atoms with E-state index < -0.39 is 0 Å². The van der Waals surface area contributed by atoms with Crippen LogP contribution in [0.15, 0.2) is 42.6 Å². The molecule has 1 N–H and O–H groups in total. The van der Waals surface area contributed by atoms with Gasteiger partial charge in [0.15, 0.2) is 0 Å². The number of aromatic nitrogens is 1. The molecule has 0 fully saturated rings. The van der Waals surface area contributed by atoms with Crippen molar-refractivity contribution in [3.63, 3.8) is 0 Å². The summed E-state index contributed by atoms with van der Waals surface area (Å²) in [5, 5.41) is 5.19. The van der Waals surface area contributed by atoms with Gasteiger partial charge in [0.1, 0.15) is 0 Å². The van der Waals surface area contributed by atoms with Crippen molar-refractivity contribution in [2.75, 3.05) is 32.5 Å². The number of anilines is 1. The minimum Gasteiger partial charge on any atom is -0.381 e. The molecule has 19 heavy (non-hydrogen) atoms. The van der Waals surface area contributed by atoms with Crippen molar-refractivity contribution in [3.8, 4) is 0 Å². The highest BCUT2D eigenvalue weighted by Gasteiger charge is 2.01. The fourth-order valence-electron chi connectivity index (χ4n) is 1.81. The van der Waals surface area contributed by atoms with Gasteiger partial charge in [0, 0.05) is 35.4 Å². The van der Waals surface area contributed by atoms with E-state index in [0.717, 1.165) is 29.7 Å². The molecule has 0 radical (unpaired) electrons. The third kappa shape index (κ3) is 3.94. The second-order valence-corrected chi connectivity index (χ2v) is 5.07. The minimum absolute atomic E-state index is 0.711. The Morgan fingerprint density at radius 2 is 2.11 bits per heavy atom. The molecule has 100 valence electrons. The van der Waals surface area contributed by atoms with Gasteiger partial charge in [-0.3, -0.25) is 4.98 Å². The molecule has 0 bridgehead atoms. The lowest BCUT2D eigenvalue weighted by Gasteiger charge is -2.08. The molecule has 0 aliphatic rings. The van der Waals surface area contributed by atoms with Crippen molar-refractivity contribution in [1.29, 1.82) is 0 Å². The first-order valence-corrected chi connectivity index (χ1v) is 6.62. The van der Waals surface area contributed by atoms with E-state index in [1.165, 1.54) is 0 Å². The van der Waals surface area contributed by atoms with Crippen molar-refractivity contribution in [1.82, 2.24) is 9.88 Å². The zero-order chi connectivity index (χ0) is 13.7. The topological polar surface area (TPSA) is 28.2 Å². The summed E-state index contributed by atoms with van der Waals surface area (Å²) in [5.74, 6) is 0. The Balaban J connectivity index is 2.06. The van der Waals surface area contributed by atoms with Crippen LogP contribution in [0.3, 0.4) is 0 Å². The second-order valence-electron chi connectivity index (χ2n) is 4.63. The number of fused-ring (bicyclic) bond motifs is 1. The number of nitrogens with zero attached hydrogens (tertiary/aromatic N) is 2. The maximum absolute atomic E-state index is 5.97. The first kappa shape index (κ1) is 13.8. The van der Waals surface area contributed by atoms with Crippen molar-refractivity contribution in [2.45, 2.75) is 0 Å². The molecular weight excluding hydrogens is 258 g/mol. The molecule has 0 spiro atoms. The quantitative estimate of drug-likeness (QED) is 0.848. The Kier molecular flexibility index (Phi) is 4.77. The Hall–Kier alpha value is -1.58. The Labute approximate surface area is 118 Å². The third-order valence-corrected chi connectivity index (χ3v) is 2.99. The van der Waals surface area contributed by atoms with E-state index in [9.17, 15) is 0 Å². The maximum atomic E-state index is 5.97. The van der Waals surface area contributed by atoms with Crippen molar-refractivity contribution in [3.05, 3.63) is 47.6 Å². The molecule has 0 saturated heterocycles. The number of hydrogen-bond acceptors (Lipinski definition) is 3. The van der Waals surface area contributed by atoms with Crippen LogP contribution in [0.2, 0.25) is 5.02 Å². The summed E-state index contributed by atoms with van der Waals surface area (Å²) in [6.07, 6.45) is 6.07. The molecule has 0 amide bonds. The first-order chi connectivity index (χ1) is 9.16. The van der Waals surface area contributed by atoms with Gasteiger partial charge in [-0.25, -0.2) is 0 Å². The van der Waals surface area contributed by atoms with Crippen LogP contribution in [-0.2, 0) is 0 Å². The predicted molar refractivity (Wildman–Crippen MR) is 82.9 cm³/mol. The molecule has 2 aromatic rings. The van der Waals surface area contributed by atoms with Gasteiger partial charge in [-0.1, -0.05) is 23.8 Å². The van der Waals surface area contributed by atoms with Gasteiger partial charge in [-0.15, -0.1) is 0 Å². The fraction of sp³-hybridized carbons (Fsp3) is 0.267. The highest BCUT2D eigenvalue weighted by atomic mass is 35.5. The Morgan fingerprint density at radius 1 is 1.26 bits per heavy atom. The molecule has 0 aliphatic heterocycles. The zero-order valence-electron chi connectivity index (χ0n) is 11.2. The van der Waals surface area contributed by atoms with Crippen LogP contribution in [0.4, 0.5) is 5.69 Å². The van der Waals surface area contributed by atoms with E-state index in [0.29, 0.717) is 5.02 Å².